The minimum atomic E-state index is -0.317. The summed E-state index contributed by atoms with van der Waals surface area (Å²) >= 11 is 1.37. The zero-order chi connectivity index (χ0) is 12.3. The van der Waals surface area contributed by atoms with Crippen LogP contribution >= 0.6 is 11.3 Å². The van der Waals surface area contributed by atoms with E-state index in [2.05, 4.69) is 9.84 Å². The summed E-state index contributed by atoms with van der Waals surface area (Å²) in [5.74, 6) is -0.317. The van der Waals surface area contributed by atoms with Crippen LogP contribution in [0.25, 0.3) is 10.6 Å². The van der Waals surface area contributed by atoms with Crippen molar-refractivity contribution >= 4 is 17.3 Å². The SMILES string of the molecule is COC(=O)c1ccc(-c2ccn(CCN)n2)s1. The van der Waals surface area contributed by atoms with Gasteiger partial charge in [-0.05, 0) is 18.2 Å². The van der Waals surface area contributed by atoms with Crippen molar-refractivity contribution in [2.45, 2.75) is 6.54 Å². The van der Waals surface area contributed by atoms with Crippen molar-refractivity contribution < 1.29 is 9.53 Å². The van der Waals surface area contributed by atoms with Gasteiger partial charge in [0, 0.05) is 12.7 Å². The molecule has 0 aliphatic carbocycles. The first-order chi connectivity index (χ1) is 8.24. The van der Waals surface area contributed by atoms with Crippen molar-refractivity contribution in [3.63, 3.8) is 0 Å². The molecule has 2 N–H and O–H groups in total. The Hall–Kier alpha value is -1.66. The van der Waals surface area contributed by atoms with Crippen molar-refractivity contribution in [1.82, 2.24) is 9.78 Å². The van der Waals surface area contributed by atoms with E-state index in [9.17, 15) is 4.79 Å². The van der Waals surface area contributed by atoms with E-state index in [1.807, 2.05) is 18.3 Å². The molecule has 17 heavy (non-hydrogen) atoms. The predicted octanol–water partition coefficient (Wildman–Crippen LogP) is 1.36. The smallest absolute Gasteiger partial charge is 0.348 e. The highest BCUT2D eigenvalue weighted by Gasteiger charge is 2.11. The second-order valence-corrected chi connectivity index (χ2v) is 4.49. The summed E-state index contributed by atoms with van der Waals surface area (Å²) in [7, 11) is 1.37. The van der Waals surface area contributed by atoms with Gasteiger partial charge in [-0.3, -0.25) is 4.68 Å². The van der Waals surface area contributed by atoms with Crippen molar-refractivity contribution in [2.75, 3.05) is 13.7 Å². The minimum Gasteiger partial charge on any atom is -0.465 e. The zero-order valence-electron chi connectivity index (χ0n) is 9.42. The van der Waals surface area contributed by atoms with Crippen LogP contribution in [0.15, 0.2) is 24.4 Å². The van der Waals surface area contributed by atoms with Gasteiger partial charge in [-0.2, -0.15) is 5.10 Å². The van der Waals surface area contributed by atoms with Crippen LogP contribution in [0.3, 0.4) is 0 Å². The van der Waals surface area contributed by atoms with E-state index >= 15 is 0 Å². The predicted molar refractivity (Wildman–Crippen MR) is 65.9 cm³/mol. The molecule has 0 amide bonds. The number of thiophene rings is 1. The van der Waals surface area contributed by atoms with Crippen LogP contribution in [0.5, 0.6) is 0 Å². The average molecular weight is 251 g/mol. The van der Waals surface area contributed by atoms with E-state index in [4.69, 9.17) is 5.73 Å². The fourth-order valence-corrected chi connectivity index (χ4v) is 2.32. The van der Waals surface area contributed by atoms with E-state index in [0.717, 1.165) is 10.6 Å². The highest BCUT2D eigenvalue weighted by Crippen LogP contribution is 2.26. The third-order valence-electron chi connectivity index (χ3n) is 2.24. The van der Waals surface area contributed by atoms with Crippen molar-refractivity contribution in [3.8, 4) is 10.6 Å². The number of esters is 1. The average Bonchev–Trinajstić information content (AvgIpc) is 2.96. The first-order valence-electron chi connectivity index (χ1n) is 5.16. The Morgan fingerprint density at radius 3 is 3.06 bits per heavy atom. The minimum absolute atomic E-state index is 0.317. The molecule has 90 valence electrons. The van der Waals surface area contributed by atoms with E-state index in [1.165, 1.54) is 18.4 Å². The molecule has 0 aliphatic rings. The normalized spacial score (nSPS) is 10.5. The molecule has 0 aliphatic heterocycles. The van der Waals surface area contributed by atoms with Gasteiger partial charge in [0.15, 0.2) is 0 Å². The summed E-state index contributed by atoms with van der Waals surface area (Å²) in [6.45, 7) is 1.24. The highest BCUT2D eigenvalue weighted by molar-refractivity contribution is 7.17. The fraction of sp³-hybridized carbons (Fsp3) is 0.273. The number of ether oxygens (including phenoxy) is 1. The molecule has 6 heteroatoms. The number of aromatic nitrogens is 2. The summed E-state index contributed by atoms with van der Waals surface area (Å²) in [5.41, 5.74) is 6.30. The van der Waals surface area contributed by atoms with Gasteiger partial charge >= 0.3 is 5.97 Å². The van der Waals surface area contributed by atoms with Crippen molar-refractivity contribution in [1.29, 1.82) is 0 Å². The molecule has 0 unspecified atom stereocenters. The lowest BCUT2D eigenvalue weighted by molar-refractivity contribution is 0.0606. The van der Waals surface area contributed by atoms with Crippen LogP contribution < -0.4 is 5.73 Å². The van der Waals surface area contributed by atoms with Gasteiger partial charge in [0.2, 0.25) is 0 Å². The number of rotatable bonds is 4. The molecule has 0 atom stereocenters. The topological polar surface area (TPSA) is 70.1 Å². The molecule has 2 rings (SSSR count). The van der Waals surface area contributed by atoms with Gasteiger partial charge < -0.3 is 10.5 Å². The second-order valence-electron chi connectivity index (χ2n) is 3.41. The third-order valence-corrected chi connectivity index (χ3v) is 3.33. The van der Waals surface area contributed by atoms with E-state index < -0.39 is 0 Å². The number of nitrogens with two attached hydrogens (primary N) is 1. The summed E-state index contributed by atoms with van der Waals surface area (Å²) < 4.78 is 6.44. The van der Waals surface area contributed by atoms with Crippen LogP contribution in [0.4, 0.5) is 0 Å². The number of carbonyl (C=O) groups excluding carboxylic acids is 1. The Morgan fingerprint density at radius 1 is 1.53 bits per heavy atom. The van der Waals surface area contributed by atoms with Gasteiger partial charge in [-0.15, -0.1) is 11.3 Å². The lowest BCUT2D eigenvalue weighted by atomic mass is 10.3. The largest absolute Gasteiger partial charge is 0.465 e. The molecule has 0 aromatic carbocycles. The van der Waals surface area contributed by atoms with Crippen LogP contribution in [0.1, 0.15) is 9.67 Å². The van der Waals surface area contributed by atoms with Gasteiger partial charge in [0.1, 0.15) is 10.6 Å². The number of hydrogen-bond donors (Lipinski definition) is 1. The molecule has 0 spiro atoms. The summed E-state index contributed by atoms with van der Waals surface area (Å²) in [6, 6.07) is 5.52. The molecule has 2 aromatic rings. The molecule has 5 nitrogen and oxygen atoms in total. The molecule has 0 bridgehead atoms. The number of hydrogen-bond acceptors (Lipinski definition) is 5. The summed E-state index contributed by atoms with van der Waals surface area (Å²) in [4.78, 5) is 12.8. The molecule has 2 heterocycles. The first-order valence-corrected chi connectivity index (χ1v) is 5.98. The van der Waals surface area contributed by atoms with E-state index in [-0.39, 0.29) is 5.97 Å². The van der Waals surface area contributed by atoms with Crippen molar-refractivity contribution in [2.24, 2.45) is 5.73 Å². The third kappa shape index (κ3) is 2.54. The lowest BCUT2D eigenvalue weighted by Crippen LogP contribution is -2.09. The summed E-state index contributed by atoms with van der Waals surface area (Å²) in [6.07, 6.45) is 1.87. The molecule has 0 radical (unpaired) electrons. The maximum atomic E-state index is 11.3. The van der Waals surface area contributed by atoms with E-state index in [0.29, 0.717) is 18.0 Å². The fourth-order valence-electron chi connectivity index (χ4n) is 1.44. The molecule has 0 saturated heterocycles. The van der Waals surface area contributed by atoms with Gasteiger partial charge in [-0.1, -0.05) is 0 Å². The first kappa shape index (κ1) is 11.8. The van der Waals surface area contributed by atoms with Crippen LogP contribution in [-0.2, 0) is 11.3 Å². The molecular formula is C11H13N3O2S. The maximum Gasteiger partial charge on any atom is 0.348 e. The Balaban J connectivity index is 2.21. The highest BCUT2D eigenvalue weighted by atomic mass is 32.1. The monoisotopic (exact) mass is 251 g/mol. The number of nitrogens with zero attached hydrogens (tertiary/aromatic N) is 2. The molecule has 0 saturated carbocycles. The second kappa shape index (κ2) is 5.11. The molecular weight excluding hydrogens is 238 g/mol. The Bertz CT molecular complexity index is 518. The van der Waals surface area contributed by atoms with Crippen molar-refractivity contribution in [3.05, 3.63) is 29.3 Å². The summed E-state index contributed by atoms with van der Waals surface area (Å²) in [5, 5.41) is 4.36. The Labute approximate surface area is 103 Å². The lowest BCUT2D eigenvalue weighted by Gasteiger charge is -1.95. The quantitative estimate of drug-likeness (QED) is 0.833. The van der Waals surface area contributed by atoms with E-state index in [1.54, 1.807) is 10.7 Å². The van der Waals surface area contributed by atoms with Crippen LogP contribution in [0, 0.1) is 0 Å². The van der Waals surface area contributed by atoms with Gasteiger partial charge in [-0.25, -0.2) is 4.79 Å². The standard InChI is InChI=1S/C11H13N3O2S/c1-16-11(15)10-3-2-9(17-10)8-4-6-14(13-8)7-5-12/h2-4,6H,5,7,12H2,1H3. The Morgan fingerprint density at radius 2 is 2.35 bits per heavy atom. The van der Waals surface area contributed by atoms with Crippen LogP contribution in [-0.4, -0.2) is 29.4 Å². The van der Waals surface area contributed by atoms with Gasteiger partial charge in [0.25, 0.3) is 0 Å². The molecule has 2 aromatic heterocycles. The zero-order valence-corrected chi connectivity index (χ0v) is 10.2. The maximum absolute atomic E-state index is 11.3. The molecule has 0 fully saturated rings. The number of carbonyl (C=O) groups is 1. The Kier molecular flexibility index (Phi) is 3.55. The van der Waals surface area contributed by atoms with Crippen LogP contribution in [0.2, 0.25) is 0 Å². The number of methoxy groups -OCH3 is 1. The van der Waals surface area contributed by atoms with Gasteiger partial charge in [0.05, 0.1) is 18.5 Å².